The summed E-state index contributed by atoms with van der Waals surface area (Å²) < 4.78 is 30.4. The van der Waals surface area contributed by atoms with Gasteiger partial charge in [-0.3, -0.25) is 0 Å². The zero-order valence-electron chi connectivity index (χ0n) is 16.0. The maximum Gasteiger partial charge on any atom is 0.224 e. The average Bonchev–Trinajstić information content (AvgIpc) is 3.15. The summed E-state index contributed by atoms with van der Waals surface area (Å²) in [5.74, 6) is -0.784. The van der Waals surface area contributed by atoms with Crippen LogP contribution in [0.4, 0.5) is 26.2 Å². The molecule has 0 saturated carbocycles. The number of halogens is 2. The van der Waals surface area contributed by atoms with Crippen LogP contribution in [0.25, 0.3) is 11.0 Å². The molecule has 1 atom stereocenters. The lowest BCUT2D eigenvalue weighted by molar-refractivity contribution is 0.435. The van der Waals surface area contributed by atoms with Crippen molar-refractivity contribution in [3.63, 3.8) is 0 Å². The molecule has 9 heteroatoms. The Balaban J connectivity index is 1.57. The quantitative estimate of drug-likeness (QED) is 0.542. The maximum absolute atomic E-state index is 14.3. The Labute approximate surface area is 170 Å². The first-order valence-electron chi connectivity index (χ1n) is 9.53. The molecule has 0 amide bonds. The molecule has 0 radical (unpaired) electrons. The van der Waals surface area contributed by atoms with Crippen molar-refractivity contribution in [2.24, 2.45) is 0 Å². The molecule has 0 saturated heterocycles. The Morgan fingerprint density at radius 2 is 1.77 bits per heavy atom. The van der Waals surface area contributed by atoms with Gasteiger partial charge >= 0.3 is 0 Å². The summed E-state index contributed by atoms with van der Waals surface area (Å²) in [6.07, 6.45) is 2.30. The van der Waals surface area contributed by atoms with Gasteiger partial charge in [-0.2, -0.15) is 15.1 Å². The van der Waals surface area contributed by atoms with E-state index in [1.54, 1.807) is 10.9 Å². The minimum Gasteiger partial charge on any atom is -0.383 e. The highest BCUT2D eigenvalue weighted by molar-refractivity contribution is 5.86. The summed E-state index contributed by atoms with van der Waals surface area (Å²) in [5, 5.41) is 5.09. The Bertz CT molecular complexity index is 1230. The lowest BCUT2D eigenvalue weighted by Crippen LogP contribution is -2.37. The molecule has 0 fully saturated rings. The largest absolute Gasteiger partial charge is 0.383 e. The van der Waals surface area contributed by atoms with Crippen LogP contribution in [0.1, 0.15) is 17.2 Å². The molecule has 1 aliphatic heterocycles. The molecular formula is C21H19F2N7. The van der Waals surface area contributed by atoms with E-state index in [1.165, 1.54) is 18.2 Å². The Kier molecular flexibility index (Phi) is 4.23. The van der Waals surface area contributed by atoms with E-state index in [2.05, 4.69) is 15.1 Å². The average molecular weight is 407 g/mol. The lowest BCUT2D eigenvalue weighted by atomic mass is 9.97. The van der Waals surface area contributed by atoms with Crippen LogP contribution in [0.3, 0.4) is 0 Å². The van der Waals surface area contributed by atoms with Gasteiger partial charge in [-0.25, -0.2) is 13.5 Å². The molecular weight excluding hydrogens is 388 g/mol. The maximum atomic E-state index is 14.3. The minimum absolute atomic E-state index is 0.0362. The molecule has 0 aliphatic carbocycles. The number of nitrogen functional groups attached to an aromatic ring is 2. The van der Waals surface area contributed by atoms with E-state index in [1.807, 2.05) is 29.2 Å². The molecule has 5 rings (SSSR count). The van der Waals surface area contributed by atoms with Gasteiger partial charge in [-0.05, 0) is 30.2 Å². The number of benzene rings is 2. The summed E-state index contributed by atoms with van der Waals surface area (Å²) in [6.45, 7) is 0.593. The summed E-state index contributed by atoms with van der Waals surface area (Å²) >= 11 is 0. The van der Waals surface area contributed by atoms with Crippen molar-refractivity contribution >= 4 is 28.5 Å². The second-order valence-electron chi connectivity index (χ2n) is 7.36. The third kappa shape index (κ3) is 2.99. The van der Waals surface area contributed by atoms with Gasteiger partial charge in [-0.15, -0.1) is 0 Å². The molecule has 4 N–H and O–H groups in total. The van der Waals surface area contributed by atoms with Crippen molar-refractivity contribution in [1.82, 2.24) is 19.7 Å². The molecule has 0 spiro atoms. The first-order valence-corrected chi connectivity index (χ1v) is 9.53. The fourth-order valence-electron chi connectivity index (χ4n) is 4.08. The number of fused-ring (bicyclic) bond motifs is 2. The number of nitrogens with two attached hydrogens (primary N) is 2. The van der Waals surface area contributed by atoms with Crippen LogP contribution in [0.2, 0.25) is 0 Å². The molecule has 152 valence electrons. The van der Waals surface area contributed by atoms with Crippen molar-refractivity contribution in [1.29, 1.82) is 0 Å². The highest BCUT2D eigenvalue weighted by atomic mass is 19.1. The van der Waals surface area contributed by atoms with Crippen LogP contribution < -0.4 is 16.4 Å². The normalized spacial score (nSPS) is 16.1. The third-order valence-corrected chi connectivity index (χ3v) is 5.48. The van der Waals surface area contributed by atoms with E-state index in [0.29, 0.717) is 24.0 Å². The molecule has 1 aliphatic rings. The van der Waals surface area contributed by atoms with Crippen LogP contribution in [-0.2, 0) is 13.0 Å². The van der Waals surface area contributed by atoms with Gasteiger partial charge < -0.3 is 16.4 Å². The highest BCUT2D eigenvalue weighted by Gasteiger charge is 2.29. The fraction of sp³-hybridized carbons (Fsp3) is 0.190. The van der Waals surface area contributed by atoms with Crippen LogP contribution in [0, 0.1) is 11.6 Å². The predicted octanol–water partition coefficient (Wildman–Crippen LogP) is 3.07. The lowest BCUT2D eigenvalue weighted by Gasteiger charge is -2.36. The van der Waals surface area contributed by atoms with E-state index in [-0.39, 0.29) is 29.9 Å². The Hall–Kier alpha value is -3.75. The van der Waals surface area contributed by atoms with Gasteiger partial charge in [0.1, 0.15) is 17.5 Å². The van der Waals surface area contributed by atoms with Crippen molar-refractivity contribution in [2.75, 3.05) is 22.9 Å². The first kappa shape index (κ1) is 18.3. The van der Waals surface area contributed by atoms with Crippen molar-refractivity contribution in [3.8, 4) is 0 Å². The van der Waals surface area contributed by atoms with E-state index >= 15 is 0 Å². The topological polar surface area (TPSA) is 98.9 Å². The summed E-state index contributed by atoms with van der Waals surface area (Å²) in [4.78, 5) is 10.3. The zero-order chi connectivity index (χ0) is 20.8. The van der Waals surface area contributed by atoms with E-state index < -0.39 is 11.6 Å². The number of aromatic nitrogens is 4. The first-order chi connectivity index (χ1) is 14.5. The van der Waals surface area contributed by atoms with Gasteiger partial charge in [-0.1, -0.05) is 24.3 Å². The van der Waals surface area contributed by atoms with Gasteiger partial charge in [0.15, 0.2) is 5.65 Å². The van der Waals surface area contributed by atoms with Gasteiger partial charge in [0.05, 0.1) is 17.6 Å². The molecule has 30 heavy (non-hydrogen) atoms. The molecule has 0 bridgehead atoms. The minimum atomic E-state index is -0.563. The molecule has 3 heterocycles. The SMILES string of the molecule is Nc1nc(N)c2cnn(C3Cc4ccccc4N(Cc4c(F)cccc4F)C3)c2n1. The highest BCUT2D eigenvalue weighted by Crippen LogP contribution is 2.34. The van der Waals surface area contributed by atoms with Gasteiger partial charge in [0, 0.05) is 24.3 Å². The Morgan fingerprint density at radius 1 is 1.00 bits per heavy atom. The predicted molar refractivity (Wildman–Crippen MR) is 111 cm³/mol. The number of para-hydroxylation sites is 1. The Morgan fingerprint density at radius 3 is 2.57 bits per heavy atom. The smallest absolute Gasteiger partial charge is 0.224 e. The summed E-state index contributed by atoms with van der Waals surface area (Å²) in [5.41, 5.74) is 14.3. The van der Waals surface area contributed by atoms with Crippen LogP contribution in [0.5, 0.6) is 0 Å². The number of hydrogen-bond acceptors (Lipinski definition) is 6. The van der Waals surface area contributed by atoms with Crippen molar-refractivity contribution in [3.05, 3.63) is 71.4 Å². The number of anilines is 3. The molecule has 2 aromatic carbocycles. The van der Waals surface area contributed by atoms with E-state index in [4.69, 9.17) is 11.5 Å². The second kappa shape index (κ2) is 6.94. The van der Waals surface area contributed by atoms with E-state index in [0.717, 1.165) is 11.3 Å². The molecule has 4 aromatic rings. The van der Waals surface area contributed by atoms with Crippen LogP contribution >= 0.6 is 0 Å². The second-order valence-corrected chi connectivity index (χ2v) is 7.36. The fourth-order valence-corrected chi connectivity index (χ4v) is 4.08. The summed E-state index contributed by atoms with van der Waals surface area (Å²) in [6, 6.07) is 11.6. The number of nitrogens with zero attached hydrogens (tertiary/aromatic N) is 5. The van der Waals surface area contributed by atoms with Crippen LogP contribution in [0.15, 0.2) is 48.7 Å². The van der Waals surface area contributed by atoms with Crippen molar-refractivity contribution < 1.29 is 8.78 Å². The number of hydrogen-bond donors (Lipinski definition) is 2. The molecule has 1 unspecified atom stereocenters. The third-order valence-electron chi connectivity index (χ3n) is 5.48. The van der Waals surface area contributed by atoms with Crippen molar-refractivity contribution in [2.45, 2.75) is 19.0 Å². The van der Waals surface area contributed by atoms with Gasteiger partial charge in [0.25, 0.3) is 0 Å². The standard InChI is InChI=1S/C21H19F2N7/c22-16-5-3-6-17(23)15(16)11-29-10-13(8-12-4-1-2-7-18(12)29)30-20-14(9-26-30)19(24)27-21(25)28-20/h1-7,9,13H,8,10-11H2,(H4,24,25,27,28). The van der Waals surface area contributed by atoms with E-state index in [9.17, 15) is 8.78 Å². The zero-order valence-corrected chi connectivity index (χ0v) is 16.0. The molecule has 2 aromatic heterocycles. The number of rotatable bonds is 3. The van der Waals surface area contributed by atoms with Crippen LogP contribution in [-0.4, -0.2) is 26.3 Å². The van der Waals surface area contributed by atoms with Gasteiger partial charge in [0.2, 0.25) is 5.95 Å². The summed E-state index contributed by atoms with van der Waals surface area (Å²) in [7, 11) is 0. The molecule has 7 nitrogen and oxygen atoms in total. The monoisotopic (exact) mass is 407 g/mol.